The van der Waals surface area contributed by atoms with E-state index in [0.717, 1.165) is 85.6 Å². The van der Waals surface area contributed by atoms with Crippen LogP contribution in [0.25, 0.3) is 0 Å². The standard InChI is InChI=1S/C34H46N4O6.C32H44N4O6/c1-22(2)37(34(41)25-8-6-23(3)31(16-25)43-13-5-12-42-4)19-26-17-35-18-27(26)20-38(28-9-10-28)33(40)15-24-7-11-30-29(14-24)36-32(39)21-44-30;1-21(2)36(32(39)24-9-7-22(3)29(15-24)41-12-6-11-40-5)19-26-17-33-16-25(26)18-35(4)31(38)14-23-8-10-28-27(13-23)34-30(37)20-42-28/h6-8,11,14,16,22,26-28,35H,5,9-10,12-13,15,17-21H2,1-4H3,(H,36,39);7-10,13,15,21,25-26,33H,6,11-12,14,16-20H2,1-5H3,(H,34,37)/t26-,27-;25-,26-/m00/s1. The Hall–Kier alpha value is -7.26. The van der Waals surface area contributed by atoms with Gasteiger partial charge in [0, 0.05) is 129 Å². The molecular weight excluding hydrogens is 1100 g/mol. The third kappa shape index (κ3) is 17.7. The van der Waals surface area contributed by atoms with E-state index in [0.29, 0.717) is 86.6 Å². The number of carbonyl (C=O) groups is 6. The number of anilines is 2. The van der Waals surface area contributed by atoms with Crippen LogP contribution in [0, 0.1) is 37.5 Å². The number of benzene rings is 4. The molecule has 5 aliphatic rings. The van der Waals surface area contributed by atoms with E-state index in [9.17, 15) is 28.8 Å². The zero-order valence-electron chi connectivity index (χ0n) is 51.8. The van der Waals surface area contributed by atoms with Gasteiger partial charge in [0.1, 0.15) is 23.0 Å². The smallest absolute Gasteiger partial charge is 0.262 e. The highest BCUT2D eigenvalue weighted by molar-refractivity contribution is 5.97. The number of methoxy groups -OCH3 is 2. The van der Waals surface area contributed by atoms with Crippen molar-refractivity contribution < 1.29 is 57.2 Å². The highest BCUT2D eigenvalue weighted by Crippen LogP contribution is 2.34. The first-order chi connectivity index (χ1) is 41.4. The first-order valence-corrected chi connectivity index (χ1v) is 30.5. The Morgan fingerprint density at radius 3 is 1.42 bits per heavy atom. The minimum Gasteiger partial charge on any atom is -0.493 e. The molecule has 1 aliphatic carbocycles. The molecule has 0 radical (unpaired) electrons. The molecule has 4 N–H and O–H groups in total. The summed E-state index contributed by atoms with van der Waals surface area (Å²) in [5.41, 5.74) is 6.08. The second-order valence-corrected chi connectivity index (χ2v) is 24.0. The van der Waals surface area contributed by atoms with Crippen molar-refractivity contribution in [1.82, 2.24) is 30.2 Å². The molecule has 4 aromatic rings. The van der Waals surface area contributed by atoms with Gasteiger partial charge in [-0.2, -0.15) is 0 Å². The molecule has 0 aromatic heterocycles. The average Bonchev–Trinajstić information content (AvgIpc) is 2.95. The predicted molar refractivity (Wildman–Crippen MR) is 329 cm³/mol. The molecule has 0 unspecified atom stereocenters. The fourth-order valence-corrected chi connectivity index (χ4v) is 11.5. The molecule has 3 fully saturated rings. The average molecular weight is 1190 g/mol. The molecule has 86 heavy (non-hydrogen) atoms. The number of carbonyl (C=O) groups excluding carboxylic acids is 6. The first-order valence-electron chi connectivity index (χ1n) is 30.5. The van der Waals surface area contributed by atoms with Crippen LogP contribution < -0.4 is 40.2 Å². The largest absolute Gasteiger partial charge is 0.493 e. The number of hydrogen-bond donors (Lipinski definition) is 4. The van der Waals surface area contributed by atoms with Crippen LogP contribution in [-0.4, -0.2) is 186 Å². The van der Waals surface area contributed by atoms with Crippen molar-refractivity contribution in [2.75, 3.05) is 124 Å². The third-order valence-corrected chi connectivity index (χ3v) is 16.7. The minimum atomic E-state index is -0.203. The SMILES string of the molecule is COCCCOc1cc(C(=O)N(C[C@@H]2CNC[C@H]2CN(C(=O)Cc2ccc3c(c2)NC(=O)CO3)C2CC2)C(C)C)ccc1C.COCCCOc1cc(C(=O)N(C[C@@H]2CNC[C@H]2CN(C)C(=O)Cc2ccc3c(c2)NC(=O)CO3)C(C)C)ccc1C. The first kappa shape index (κ1) is 64.7. The van der Waals surface area contributed by atoms with Crippen LogP contribution in [0.15, 0.2) is 72.8 Å². The maximum Gasteiger partial charge on any atom is 0.262 e. The van der Waals surface area contributed by atoms with E-state index in [4.69, 9.17) is 28.4 Å². The predicted octanol–water partition coefficient (Wildman–Crippen LogP) is 6.79. The van der Waals surface area contributed by atoms with Gasteiger partial charge in [-0.25, -0.2) is 0 Å². The Bertz CT molecular complexity index is 3000. The summed E-state index contributed by atoms with van der Waals surface area (Å²) in [4.78, 5) is 85.4. The van der Waals surface area contributed by atoms with Gasteiger partial charge in [0.15, 0.2) is 13.2 Å². The molecule has 20 heteroatoms. The molecule has 1 saturated carbocycles. The van der Waals surface area contributed by atoms with Crippen molar-refractivity contribution in [3.63, 3.8) is 0 Å². The van der Waals surface area contributed by atoms with Crippen molar-refractivity contribution in [1.29, 1.82) is 0 Å². The van der Waals surface area contributed by atoms with Gasteiger partial charge in [-0.1, -0.05) is 24.3 Å². The van der Waals surface area contributed by atoms with Crippen molar-refractivity contribution in [3.05, 3.63) is 106 Å². The van der Waals surface area contributed by atoms with Crippen LogP contribution in [0.3, 0.4) is 0 Å². The van der Waals surface area contributed by atoms with E-state index in [1.165, 1.54) is 0 Å². The number of hydrogen-bond acceptors (Lipinski definition) is 14. The Balaban J connectivity index is 0.000000224. The van der Waals surface area contributed by atoms with E-state index in [2.05, 4.69) is 35.1 Å². The van der Waals surface area contributed by atoms with Gasteiger partial charge in [-0.15, -0.1) is 0 Å². The van der Waals surface area contributed by atoms with Crippen molar-refractivity contribution in [2.24, 2.45) is 23.7 Å². The molecule has 2 saturated heterocycles. The van der Waals surface area contributed by atoms with Gasteiger partial charge in [0.05, 0.1) is 37.4 Å². The summed E-state index contributed by atoms with van der Waals surface area (Å²) in [5.74, 6) is 3.22. The minimum absolute atomic E-state index is 0.000225. The van der Waals surface area contributed by atoms with Gasteiger partial charge in [0.25, 0.3) is 23.6 Å². The molecule has 4 aliphatic heterocycles. The van der Waals surface area contributed by atoms with Crippen LogP contribution in [0.4, 0.5) is 11.4 Å². The lowest BCUT2D eigenvalue weighted by Crippen LogP contribution is -2.45. The van der Waals surface area contributed by atoms with Gasteiger partial charge in [-0.3, -0.25) is 28.8 Å². The molecular formula is C66H90N8O12. The normalized spacial score (nSPS) is 18.5. The lowest BCUT2D eigenvalue weighted by Gasteiger charge is -2.34. The van der Waals surface area contributed by atoms with E-state index < -0.39 is 0 Å². The highest BCUT2D eigenvalue weighted by atomic mass is 16.5. The Morgan fingerprint density at radius 1 is 0.558 bits per heavy atom. The van der Waals surface area contributed by atoms with Gasteiger partial charge < -0.3 is 69.3 Å². The van der Waals surface area contributed by atoms with Gasteiger partial charge in [-0.05, 0) is 149 Å². The van der Waals surface area contributed by atoms with Crippen LogP contribution in [0.5, 0.6) is 23.0 Å². The van der Waals surface area contributed by atoms with Gasteiger partial charge in [0.2, 0.25) is 11.8 Å². The van der Waals surface area contributed by atoms with Crippen molar-refractivity contribution in [3.8, 4) is 23.0 Å². The maximum atomic E-state index is 13.8. The molecule has 0 spiro atoms. The lowest BCUT2D eigenvalue weighted by atomic mass is 9.93. The lowest BCUT2D eigenvalue weighted by molar-refractivity contribution is -0.132. The molecule has 4 atom stereocenters. The molecule has 20 nitrogen and oxygen atoms in total. The fourth-order valence-electron chi connectivity index (χ4n) is 11.5. The quantitative estimate of drug-likeness (QED) is 0.0452. The summed E-state index contributed by atoms with van der Waals surface area (Å²) in [6.45, 7) is 20.1. The molecule has 4 aromatic carbocycles. The third-order valence-electron chi connectivity index (χ3n) is 16.7. The van der Waals surface area contributed by atoms with Crippen LogP contribution in [0.1, 0.15) is 96.3 Å². The molecule has 4 heterocycles. The summed E-state index contributed by atoms with van der Waals surface area (Å²) >= 11 is 0. The zero-order valence-corrected chi connectivity index (χ0v) is 51.8. The number of ether oxygens (including phenoxy) is 6. The van der Waals surface area contributed by atoms with E-state index in [-0.39, 0.29) is 103 Å². The van der Waals surface area contributed by atoms with Crippen LogP contribution >= 0.6 is 0 Å². The van der Waals surface area contributed by atoms with Crippen LogP contribution in [0.2, 0.25) is 0 Å². The topological polar surface area (TPSA) is 219 Å². The molecule has 0 bridgehead atoms. The summed E-state index contributed by atoms with van der Waals surface area (Å²) in [6, 6.07) is 22.6. The second-order valence-electron chi connectivity index (χ2n) is 24.0. The number of nitrogens with zero attached hydrogens (tertiary/aromatic N) is 4. The Kier molecular flexibility index (Phi) is 23.3. The number of aryl methyl sites for hydroxylation is 2. The van der Waals surface area contributed by atoms with E-state index >= 15 is 0 Å². The Labute approximate surface area is 507 Å². The zero-order chi connectivity index (χ0) is 61.4. The number of nitrogens with one attached hydrogen (secondary N) is 4. The Morgan fingerprint density at radius 2 is 0.988 bits per heavy atom. The monoisotopic (exact) mass is 1190 g/mol. The van der Waals surface area contributed by atoms with Crippen molar-refractivity contribution in [2.45, 2.75) is 98.2 Å². The number of amides is 6. The second kappa shape index (κ2) is 30.9. The summed E-state index contributed by atoms with van der Waals surface area (Å²) < 4.78 is 33.0. The van der Waals surface area contributed by atoms with Crippen molar-refractivity contribution >= 4 is 46.8 Å². The maximum absolute atomic E-state index is 13.8. The summed E-state index contributed by atoms with van der Waals surface area (Å²) in [6.07, 6.45) is 4.09. The number of fused-ring (bicyclic) bond motifs is 2. The molecule has 6 amide bonds. The van der Waals surface area contributed by atoms with E-state index in [1.807, 2.05) is 110 Å². The summed E-state index contributed by atoms with van der Waals surface area (Å²) in [7, 11) is 5.17. The van der Waals surface area contributed by atoms with E-state index in [1.54, 1.807) is 31.3 Å². The molecule has 9 rings (SSSR count). The summed E-state index contributed by atoms with van der Waals surface area (Å²) in [5, 5.41) is 12.6. The van der Waals surface area contributed by atoms with Gasteiger partial charge >= 0.3 is 0 Å². The number of rotatable bonds is 27. The van der Waals surface area contributed by atoms with Crippen LogP contribution in [-0.2, 0) is 41.5 Å². The number of likely N-dealkylation sites (N-methyl/N-ethyl adjacent to an activating group) is 1. The highest BCUT2D eigenvalue weighted by Gasteiger charge is 2.39. The fraction of sp³-hybridized carbons (Fsp3) is 0.545. The molecule has 466 valence electrons.